The number of anilines is 1. The fourth-order valence-corrected chi connectivity index (χ4v) is 5.00. The standard InChI is InChI=1S/C17H26N6S/c1-14-19-20-16-6-5-15(21-23(14)16)18-13-17(7-3-2-4-8-17)22-9-11-24-12-10-22/h5-6H,2-4,7-13H2,1H3,(H,18,21). The van der Waals surface area contributed by atoms with E-state index < -0.39 is 0 Å². The van der Waals surface area contributed by atoms with E-state index >= 15 is 0 Å². The van der Waals surface area contributed by atoms with Crippen LogP contribution in [-0.2, 0) is 0 Å². The quantitative estimate of drug-likeness (QED) is 0.918. The van der Waals surface area contributed by atoms with Gasteiger partial charge in [-0.25, -0.2) is 0 Å². The van der Waals surface area contributed by atoms with Crippen molar-refractivity contribution in [1.82, 2.24) is 24.7 Å². The van der Waals surface area contributed by atoms with Gasteiger partial charge in [-0.05, 0) is 31.9 Å². The van der Waals surface area contributed by atoms with Crippen LogP contribution in [-0.4, -0.2) is 61.4 Å². The van der Waals surface area contributed by atoms with Crippen molar-refractivity contribution in [3.63, 3.8) is 0 Å². The molecule has 0 spiro atoms. The Kier molecular flexibility index (Phi) is 4.63. The van der Waals surface area contributed by atoms with Crippen molar-refractivity contribution >= 4 is 23.2 Å². The summed E-state index contributed by atoms with van der Waals surface area (Å²) >= 11 is 2.09. The highest BCUT2D eigenvalue weighted by Crippen LogP contribution is 2.35. The summed E-state index contributed by atoms with van der Waals surface area (Å²) < 4.78 is 1.81. The minimum absolute atomic E-state index is 0.304. The largest absolute Gasteiger partial charge is 0.367 e. The molecule has 4 rings (SSSR count). The molecule has 1 aliphatic carbocycles. The lowest BCUT2D eigenvalue weighted by molar-refractivity contribution is 0.0706. The van der Waals surface area contributed by atoms with Gasteiger partial charge in [0.25, 0.3) is 0 Å². The average Bonchev–Trinajstić information content (AvgIpc) is 3.02. The van der Waals surface area contributed by atoms with Crippen LogP contribution in [0.25, 0.3) is 5.65 Å². The Labute approximate surface area is 147 Å². The van der Waals surface area contributed by atoms with Crippen LogP contribution < -0.4 is 5.32 Å². The maximum Gasteiger partial charge on any atom is 0.178 e. The molecule has 24 heavy (non-hydrogen) atoms. The number of aryl methyl sites for hydroxylation is 1. The molecule has 0 aromatic carbocycles. The van der Waals surface area contributed by atoms with Gasteiger partial charge in [-0.3, -0.25) is 4.90 Å². The summed E-state index contributed by atoms with van der Waals surface area (Å²) in [7, 11) is 0. The Morgan fingerprint density at radius 3 is 2.71 bits per heavy atom. The van der Waals surface area contributed by atoms with Gasteiger partial charge in [-0.1, -0.05) is 19.3 Å². The molecule has 1 aliphatic heterocycles. The lowest BCUT2D eigenvalue weighted by atomic mass is 9.80. The SMILES string of the molecule is Cc1nnc2ccc(NCC3(N4CCSCC4)CCCCC3)nn12. The van der Waals surface area contributed by atoms with Crippen LogP contribution in [0.3, 0.4) is 0 Å². The van der Waals surface area contributed by atoms with Gasteiger partial charge < -0.3 is 5.32 Å². The van der Waals surface area contributed by atoms with E-state index in [4.69, 9.17) is 0 Å². The van der Waals surface area contributed by atoms with Crippen molar-refractivity contribution in [2.45, 2.75) is 44.6 Å². The first-order valence-electron chi connectivity index (χ1n) is 9.03. The molecule has 1 saturated heterocycles. The molecule has 3 heterocycles. The van der Waals surface area contributed by atoms with Crippen LogP contribution in [0.15, 0.2) is 12.1 Å². The number of hydrogen-bond donors (Lipinski definition) is 1. The number of rotatable bonds is 4. The number of hydrogen-bond acceptors (Lipinski definition) is 6. The number of aromatic nitrogens is 4. The molecule has 7 heteroatoms. The summed E-state index contributed by atoms with van der Waals surface area (Å²) in [5.74, 6) is 4.29. The molecule has 0 atom stereocenters. The fraction of sp³-hybridized carbons (Fsp3) is 0.706. The molecule has 1 saturated carbocycles. The molecular weight excluding hydrogens is 320 g/mol. The van der Waals surface area contributed by atoms with Gasteiger partial charge in [-0.2, -0.15) is 16.3 Å². The van der Waals surface area contributed by atoms with E-state index in [2.05, 4.69) is 37.3 Å². The second kappa shape index (κ2) is 6.88. The van der Waals surface area contributed by atoms with Crippen LogP contribution >= 0.6 is 11.8 Å². The third-order valence-corrected chi connectivity index (χ3v) is 6.43. The zero-order valence-electron chi connectivity index (χ0n) is 14.4. The van der Waals surface area contributed by atoms with Crippen LogP contribution in [0.5, 0.6) is 0 Å². The summed E-state index contributed by atoms with van der Waals surface area (Å²) in [5, 5.41) is 16.5. The summed E-state index contributed by atoms with van der Waals surface area (Å²) in [6.07, 6.45) is 6.69. The fourth-order valence-electron chi connectivity index (χ4n) is 4.10. The summed E-state index contributed by atoms with van der Waals surface area (Å²) in [5.41, 5.74) is 1.11. The second-order valence-corrected chi connectivity index (χ2v) is 8.20. The van der Waals surface area contributed by atoms with Crippen molar-refractivity contribution < 1.29 is 0 Å². The lowest BCUT2D eigenvalue weighted by Gasteiger charge is -2.48. The molecule has 2 aromatic rings. The molecule has 2 fully saturated rings. The van der Waals surface area contributed by atoms with E-state index in [0.29, 0.717) is 5.54 Å². The van der Waals surface area contributed by atoms with Gasteiger partial charge in [0.1, 0.15) is 5.82 Å². The number of nitrogens with zero attached hydrogens (tertiary/aromatic N) is 5. The molecule has 6 nitrogen and oxygen atoms in total. The van der Waals surface area contributed by atoms with E-state index in [9.17, 15) is 0 Å². The molecular formula is C17H26N6S. The number of fused-ring (bicyclic) bond motifs is 1. The minimum Gasteiger partial charge on any atom is -0.367 e. The van der Waals surface area contributed by atoms with Crippen LogP contribution in [0.4, 0.5) is 5.82 Å². The Morgan fingerprint density at radius 1 is 1.12 bits per heavy atom. The van der Waals surface area contributed by atoms with E-state index in [1.165, 1.54) is 56.7 Å². The van der Waals surface area contributed by atoms with E-state index in [-0.39, 0.29) is 0 Å². The molecule has 0 amide bonds. The summed E-state index contributed by atoms with van der Waals surface area (Å²) in [4.78, 5) is 2.75. The van der Waals surface area contributed by atoms with E-state index in [1.54, 1.807) is 0 Å². The minimum atomic E-state index is 0.304. The third-order valence-electron chi connectivity index (χ3n) is 5.48. The smallest absolute Gasteiger partial charge is 0.178 e. The molecule has 130 valence electrons. The lowest BCUT2D eigenvalue weighted by Crippen LogP contribution is -2.57. The van der Waals surface area contributed by atoms with Crippen molar-refractivity contribution in [2.75, 3.05) is 36.5 Å². The van der Waals surface area contributed by atoms with Gasteiger partial charge in [0, 0.05) is 36.7 Å². The van der Waals surface area contributed by atoms with Crippen LogP contribution in [0.1, 0.15) is 37.9 Å². The first-order valence-corrected chi connectivity index (χ1v) is 10.2. The summed E-state index contributed by atoms with van der Waals surface area (Å²) in [6, 6.07) is 4.01. The van der Waals surface area contributed by atoms with Crippen molar-refractivity contribution in [3.8, 4) is 0 Å². The molecule has 2 aliphatic rings. The number of nitrogens with one attached hydrogen (secondary N) is 1. The highest BCUT2D eigenvalue weighted by molar-refractivity contribution is 7.99. The monoisotopic (exact) mass is 346 g/mol. The predicted octanol–water partition coefficient (Wildman–Crippen LogP) is 2.60. The van der Waals surface area contributed by atoms with Gasteiger partial charge in [0.2, 0.25) is 0 Å². The maximum absolute atomic E-state index is 4.65. The zero-order chi connectivity index (χ0) is 16.4. The second-order valence-electron chi connectivity index (χ2n) is 6.97. The molecule has 0 unspecified atom stereocenters. The summed E-state index contributed by atoms with van der Waals surface area (Å²) in [6.45, 7) is 5.37. The predicted molar refractivity (Wildman–Crippen MR) is 98.7 cm³/mol. The normalized spacial score (nSPS) is 21.9. The third kappa shape index (κ3) is 3.11. The average molecular weight is 347 g/mol. The van der Waals surface area contributed by atoms with Crippen molar-refractivity contribution in [1.29, 1.82) is 0 Å². The molecule has 0 radical (unpaired) electrons. The topological polar surface area (TPSA) is 58.4 Å². The van der Waals surface area contributed by atoms with Crippen molar-refractivity contribution in [2.24, 2.45) is 0 Å². The maximum atomic E-state index is 4.65. The van der Waals surface area contributed by atoms with Crippen molar-refractivity contribution in [3.05, 3.63) is 18.0 Å². The van der Waals surface area contributed by atoms with E-state index in [0.717, 1.165) is 23.8 Å². The Hall–Kier alpha value is -1.34. The Morgan fingerprint density at radius 2 is 1.92 bits per heavy atom. The van der Waals surface area contributed by atoms with Crippen LogP contribution in [0.2, 0.25) is 0 Å². The van der Waals surface area contributed by atoms with Gasteiger partial charge in [0.05, 0.1) is 0 Å². The molecule has 1 N–H and O–H groups in total. The molecule has 2 aromatic heterocycles. The molecule has 0 bridgehead atoms. The zero-order valence-corrected chi connectivity index (χ0v) is 15.2. The first-order chi connectivity index (χ1) is 11.8. The van der Waals surface area contributed by atoms with Crippen LogP contribution in [0, 0.1) is 6.92 Å². The highest BCUT2D eigenvalue weighted by atomic mass is 32.2. The van der Waals surface area contributed by atoms with Gasteiger partial charge >= 0.3 is 0 Å². The number of thioether (sulfide) groups is 1. The Balaban J connectivity index is 1.52. The van der Waals surface area contributed by atoms with Gasteiger partial charge in [0.15, 0.2) is 11.5 Å². The highest BCUT2D eigenvalue weighted by Gasteiger charge is 2.38. The first kappa shape index (κ1) is 16.1. The Bertz CT molecular complexity index is 687. The van der Waals surface area contributed by atoms with E-state index in [1.807, 2.05) is 23.6 Å². The van der Waals surface area contributed by atoms with Gasteiger partial charge in [-0.15, -0.1) is 15.3 Å².